The number of benzene rings is 1. The van der Waals surface area contributed by atoms with Gasteiger partial charge in [0.2, 0.25) is 5.91 Å². The smallest absolute Gasteiger partial charge is 0.228 e. The Morgan fingerprint density at radius 3 is 3.10 bits per heavy atom. The maximum Gasteiger partial charge on any atom is 0.228 e. The van der Waals surface area contributed by atoms with Gasteiger partial charge in [-0.05, 0) is 31.2 Å². The molecule has 1 atom stereocenters. The zero-order valence-electron chi connectivity index (χ0n) is 11.0. The van der Waals surface area contributed by atoms with E-state index in [4.69, 9.17) is 11.6 Å². The quantitative estimate of drug-likeness (QED) is 0.895. The van der Waals surface area contributed by atoms with Crippen LogP contribution < -0.4 is 10.6 Å². The van der Waals surface area contributed by atoms with Crippen molar-refractivity contribution in [3.63, 3.8) is 0 Å². The summed E-state index contributed by atoms with van der Waals surface area (Å²) < 4.78 is 0.839. The molecule has 1 aliphatic heterocycles. The summed E-state index contributed by atoms with van der Waals surface area (Å²) in [5.74, 6) is 0.0832. The van der Waals surface area contributed by atoms with Crippen LogP contribution in [0.25, 0.3) is 0 Å². The maximum absolute atomic E-state index is 12.1. The Labute approximate surface area is 135 Å². The third-order valence-corrected chi connectivity index (χ3v) is 5.45. The van der Waals surface area contributed by atoms with Crippen LogP contribution in [0.5, 0.6) is 0 Å². The van der Waals surface area contributed by atoms with Gasteiger partial charge in [0, 0.05) is 17.1 Å². The third-order valence-electron chi connectivity index (χ3n) is 3.17. The van der Waals surface area contributed by atoms with E-state index < -0.39 is 0 Å². The number of rotatable bonds is 4. The summed E-state index contributed by atoms with van der Waals surface area (Å²) in [6.45, 7) is 1.64. The number of anilines is 1. The van der Waals surface area contributed by atoms with Gasteiger partial charge in [0.25, 0.3) is 0 Å². The molecule has 2 heterocycles. The van der Waals surface area contributed by atoms with Crippen molar-refractivity contribution in [2.45, 2.75) is 15.7 Å². The minimum atomic E-state index is 0.0409. The fourth-order valence-corrected chi connectivity index (χ4v) is 3.82. The third kappa shape index (κ3) is 3.74. The van der Waals surface area contributed by atoms with Gasteiger partial charge >= 0.3 is 0 Å². The topological polar surface area (TPSA) is 66.9 Å². The van der Waals surface area contributed by atoms with Gasteiger partial charge in [0.1, 0.15) is 5.51 Å². The van der Waals surface area contributed by atoms with Crippen molar-refractivity contribution in [2.24, 2.45) is 5.92 Å². The second-order valence-electron chi connectivity index (χ2n) is 4.63. The standard InChI is InChI=1S/C13H13ClN4OS2/c14-10-5-9(17-12(19)8-3-4-15-6-8)1-2-11(10)21-13-18-16-7-20-13/h1-2,5,7-8,15H,3-4,6H2,(H,17,19)/t8-/m1/s1. The molecule has 0 aliphatic carbocycles. The van der Waals surface area contributed by atoms with Crippen LogP contribution >= 0.6 is 34.7 Å². The molecule has 0 saturated carbocycles. The molecule has 1 aliphatic rings. The van der Waals surface area contributed by atoms with E-state index in [9.17, 15) is 4.79 Å². The molecule has 1 aromatic carbocycles. The van der Waals surface area contributed by atoms with E-state index in [0.717, 1.165) is 34.4 Å². The molecule has 2 N–H and O–H groups in total. The van der Waals surface area contributed by atoms with Crippen molar-refractivity contribution in [1.82, 2.24) is 15.5 Å². The lowest BCUT2D eigenvalue weighted by Crippen LogP contribution is -2.24. The number of nitrogens with zero attached hydrogens (tertiary/aromatic N) is 2. The van der Waals surface area contributed by atoms with Crippen molar-refractivity contribution < 1.29 is 4.79 Å². The number of hydrogen-bond acceptors (Lipinski definition) is 6. The Balaban J connectivity index is 1.67. The number of amides is 1. The fraction of sp³-hybridized carbons (Fsp3) is 0.308. The first kappa shape index (κ1) is 14.8. The van der Waals surface area contributed by atoms with E-state index in [1.54, 1.807) is 11.6 Å². The van der Waals surface area contributed by atoms with E-state index >= 15 is 0 Å². The van der Waals surface area contributed by atoms with Crippen LogP contribution in [0.4, 0.5) is 5.69 Å². The SMILES string of the molecule is O=C(Nc1ccc(Sc2nncs2)c(Cl)c1)[C@@H]1CCNC1. The van der Waals surface area contributed by atoms with Crippen LogP contribution in [-0.4, -0.2) is 29.2 Å². The molecule has 1 aromatic heterocycles. The van der Waals surface area contributed by atoms with E-state index in [1.807, 2.05) is 12.1 Å². The zero-order valence-corrected chi connectivity index (χ0v) is 13.4. The number of hydrogen-bond donors (Lipinski definition) is 2. The molecule has 3 rings (SSSR count). The highest BCUT2D eigenvalue weighted by Crippen LogP contribution is 2.35. The molecule has 21 heavy (non-hydrogen) atoms. The first-order valence-electron chi connectivity index (χ1n) is 6.47. The highest BCUT2D eigenvalue weighted by atomic mass is 35.5. The molecule has 1 saturated heterocycles. The minimum absolute atomic E-state index is 0.0409. The van der Waals surface area contributed by atoms with Crippen molar-refractivity contribution in [2.75, 3.05) is 18.4 Å². The molecular weight excluding hydrogens is 328 g/mol. The summed E-state index contributed by atoms with van der Waals surface area (Å²) in [7, 11) is 0. The molecular formula is C13H13ClN4OS2. The van der Waals surface area contributed by atoms with Crippen LogP contribution in [0.3, 0.4) is 0 Å². The van der Waals surface area contributed by atoms with Gasteiger partial charge < -0.3 is 10.6 Å². The Hall–Kier alpha value is -1.15. The number of aromatic nitrogens is 2. The Bertz CT molecular complexity index is 629. The van der Waals surface area contributed by atoms with Gasteiger partial charge in [0.05, 0.1) is 10.9 Å². The molecule has 0 bridgehead atoms. The van der Waals surface area contributed by atoms with Crippen LogP contribution in [0.1, 0.15) is 6.42 Å². The van der Waals surface area contributed by atoms with Crippen molar-refractivity contribution in [3.8, 4) is 0 Å². The largest absolute Gasteiger partial charge is 0.326 e. The molecule has 0 spiro atoms. The first-order chi connectivity index (χ1) is 10.2. The monoisotopic (exact) mass is 340 g/mol. The second kappa shape index (κ2) is 6.74. The van der Waals surface area contributed by atoms with Crippen LogP contribution in [0, 0.1) is 5.92 Å². The molecule has 5 nitrogen and oxygen atoms in total. The predicted octanol–water partition coefficient (Wildman–Crippen LogP) is 2.89. The number of carbonyl (C=O) groups excluding carboxylic acids is 1. The number of carbonyl (C=O) groups is 1. The molecule has 110 valence electrons. The summed E-state index contributed by atoms with van der Waals surface area (Å²) >= 11 is 9.19. The lowest BCUT2D eigenvalue weighted by molar-refractivity contribution is -0.119. The van der Waals surface area contributed by atoms with E-state index in [-0.39, 0.29) is 11.8 Å². The maximum atomic E-state index is 12.1. The summed E-state index contributed by atoms with van der Waals surface area (Å²) in [4.78, 5) is 12.9. The summed E-state index contributed by atoms with van der Waals surface area (Å²) in [6.07, 6.45) is 0.880. The first-order valence-corrected chi connectivity index (χ1v) is 8.55. The highest BCUT2D eigenvalue weighted by molar-refractivity contribution is 8.01. The van der Waals surface area contributed by atoms with Crippen molar-refractivity contribution in [1.29, 1.82) is 0 Å². The van der Waals surface area contributed by atoms with E-state index in [1.165, 1.54) is 23.1 Å². The second-order valence-corrected chi connectivity index (χ2v) is 7.16. The van der Waals surface area contributed by atoms with Crippen LogP contribution in [0.15, 0.2) is 32.9 Å². The highest BCUT2D eigenvalue weighted by Gasteiger charge is 2.22. The van der Waals surface area contributed by atoms with Gasteiger partial charge in [-0.2, -0.15) is 0 Å². The summed E-state index contributed by atoms with van der Waals surface area (Å²) in [5, 5.41) is 14.5. The number of halogens is 1. The molecule has 0 radical (unpaired) electrons. The fourth-order valence-electron chi connectivity index (χ4n) is 2.09. The minimum Gasteiger partial charge on any atom is -0.326 e. The molecule has 1 fully saturated rings. The van der Waals surface area contributed by atoms with E-state index in [2.05, 4.69) is 20.8 Å². The van der Waals surface area contributed by atoms with Gasteiger partial charge in [-0.25, -0.2) is 0 Å². The van der Waals surface area contributed by atoms with Gasteiger partial charge in [-0.1, -0.05) is 34.7 Å². The summed E-state index contributed by atoms with van der Waals surface area (Å²) in [5.41, 5.74) is 2.40. The molecule has 0 unspecified atom stereocenters. The lowest BCUT2D eigenvalue weighted by Gasteiger charge is -2.11. The average molecular weight is 341 g/mol. The Morgan fingerprint density at radius 1 is 1.52 bits per heavy atom. The number of nitrogens with one attached hydrogen (secondary N) is 2. The summed E-state index contributed by atoms with van der Waals surface area (Å²) in [6, 6.07) is 5.51. The van der Waals surface area contributed by atoms with Crippen LogP contribution in [0.2, 0.25) is 5.02 Å². The molecule has 2 aromatic rings. The molecule has 1 amide bonds. The average Bonchev–Trinajstić information content (AvgIpc) is 3.14. The van der Waals surface area contributed by atoms with Crippen molar-refractivity contribution >= 4 is 46.3 Å². The van der Waals surface area contributed by atoms with E-state index in [0.29, 0.717) is 5.02 Å². The van der Waals surface area contributed by atoms with Crippen molar-refractivity contribution in [3.05, 3.63) is 28.7 Å². The predicted molar refractivity (Wildman–Crippen MR) is 85.1 cm³/mol. The Kier molecular flexibility index (Phi) is 4.74. The molecule has 8 heteroatoms. The zero-order chi connectivity index (χ0) is 14.7. The van der Waals surface area contributed by atoms with Gasteiger partial charge in [-0.15, -0.1) is 10.2 Å². The Morgan fingerprint density at radius 2 is 2.43 bits per heavy atom. The van der Waals surface area contributed by atoms with Crippen LogP contribution in [-0.2, 0) is 4.79 Å². The van der Waals surface area contributed by atoms with Gasteiger partial charge in [0.15, 0.2) is 4.34 Å². The normalized spacial score (nSPS) is 17.9. The van der Waals surface area contributed by atoms with Gasteiger partial charge in [-0.3, -0.25) is 4.79 Å². The lowest BCUT2D eigenvalue weighted by atomic mass is 10.1.